The van der Waals surface area contributed by atoms with Gasteiger partial charge in [-0.05, 0) is 7.05 Å². The van der Waals surface area contributed by atoms with E-state index in [0.717, 1.165) is 4.31 Å². The fourth-order valence-corrected chi connectivity index (χ4v) is 3.43. The Morgan fingerprint density at radius 2 is 2.16 bits per heavy atom. The number of aromatic nitrogens is 2. The molecule has 1 aliphatic rings. The molecule has 1 aromatic heterocycles. The van der Waals surface area contributed by atoms with Gasteiger partial charge in [0.1, 0.15) is 6.17 Å². The third-order valence-electron chi connectivity index (χ3n) is 3.11. The van der Waals surface area contributed by atoms with Crippen molar-refractivity contribution >= 4 is 15.9 Å². The van der Waals surface area contributed by atoms with Crippen LogP contribution >= 0.6 is 0 Å². The van der Waals surface area contributed by atoms with E-state index >= 15 is 0 Å². The van der Waals surface area contributed by atoms with E-state index in [9.17, 15) is 12.8 Å². The highest BCUT2D eigenvalue weighted by atomic mass is 32.2. The summed E-state index contributed by atoms with van der Waals surface area (Å²) in [4.78, 5) is 1.76. The number of halogens is 1. The average molecular weight is 291 g/mol. The number of piperidine rings is 1. The van der Waals surface area contributed by atoms with E-state index in [4.69, 9.17) is 5.14 Å². The summed E-state index contributed by atoms with van der Waals surface area (Å²) in [6, 6.07) is -0.520. The van der Waals surface area contributed by atoms with Gasteiger partial charge in [-0.3, -0.25) is 8.99 Å². The van der Waals surface area contributed by atoms with E-state index in [1.54, 1.807) is 25.2 Å². The van der Waals surface area contributed by atoms with Gasteiger partial charge in [0.15, 0.2) is 0 Å². The van der Waals surface area contributed by atoms with E-state index in [1.807, 2.05) is 0 Å². The number of likely N-dealkylation sites (N-methyl/N-ethyl adjacent to an activating group) is 1. The van der Waals surface area contributed by atoms with Gasteiger partial charge in [0.25, 0.3) is 10.2 Å². The number of nitrogens with two attached hydrogens (primary N) is 1. The zero-order chi connectivity index (χ0) is 14.2. The average Bonchev–Trinajstić information content (AvgIpc) is 2.60. The molecule has 0 radical (unpaired) electrons. The summed E-state index contributed by atoms with van der Waals surface area (Å²) in [5.41, 5.74) is 0.359. The van der Waals surface area contributed by atoms with Crippen molar-refractivity contribution in [3.05, 3.63) is 12.4 Å². The summed E-state index contributed by atoms with van der Waals surface area (Å²) in [6.07, 6.45) is 2.03. The summed E-state index contributed by atoms with van der Waals surface area (Å²) in [6.45, 7) is 0.744. The second kappa shape index (κ2) is 5.06. The Kier molecular flexibility index (Phi) is 3.79. The highest BCUT2D eigenvalue weighted by Gasteiger charge is 2.35. The lowest BCUT2D eigenvalue weighted by molar-refractivity contribution is 0.148. The van der Waals surface area contributed by atoms with Crippen LogP contribution in [0.25, 0.3) is 0 Å². The van der Waals surface area contributed by atoms with Crippen LogP contribution in [0.2, 0.25) is 0 Å². The second-order valence-electron chi connectivity index (χ2n) is 4.92. The Hall–Kier alpha value is -1.19. The van der Waals surface area contributed by atoms with Crippen molar-refractivity contribution in [2.75, 3.05) is 24.4 Å². The maximum absolute atomic E-state index is 13.6. The minimum Gasteiger partial charge on any atom is -0.301 e. The van der Waals surface area contributed by atoms with Crippen molar-refractivity contribution in [1.82, 2.24) is 14.7 Å². The normalized spacial score (nSPS) is 25.5. The first-order valence-electron chi connectivity index (χ1n) is 5.91. The molecule has 0 unspecified atom stereocenters. The Morgan fingerprint density at radius 3 is 2.63 bits per heavy atom. The van der Waals surface area contributed by atoms with E-state index in [2.05, 4.69) is 5.10 Å². The van der Waals surface area contributed by atoms with Gasteiger partial charge in [0.05, 0.1) is 17.9 Å². The van der Waals surface area contributed by atoms with Crippen LogP contribution in [-0.4, -0.2) is 55.4 Å². The van der Waals surface area contributed by atoms with Crippen molar-refractivity contribution in [2.24, 2.45) is 12.2 Å². The van der Waals surface area contributed by atoms with Gasteiger partial charge in [0.2, 0.25) is 0 Å². The molecular formula is C10H18FN5O2S. The maximum atomic E-state index is 13.6. The van der Waals surface area contributed by atoms with E-state index < -0.39 is 22.4 Å². The number of hydrogen-bond donors (Lipinski definition) is 1. The first-order valence-corrected chi connectivity index (χ1v) is 7.41. The summed E-state index contributed by atoms with van der Waals surface area (Å²) in [5, 5.41) is 9.19. The van der Waals surface area contributed by atoms with Crippen molar-refractivity contribution in [3.8, 4) is 0 Å². The molecule has 108 valence electrons. The number of alkyl halides is 1. The molecule has 0 spiro atoms. The molecule has 2 rings (SSSR count). The minimum absolute atomic E-state index is 0.135. The van der Waals surface area contributed by atoms with Gasteiger partial charge < -0.3 is 4.90 Å². The number of anilines is 1. The standard InChI is InChI=1S/C10H18FN5O2S/c1-14-5-8(11)3-9(6-14)16(19(12,17)18)10-4-13-15(2)7-10/h4,7-9H,3,5-6H2,1-2H3,(H2,12,17,18)/t8-,9+/m1/s1. The van der Waals surface area contributed by atoms with E-state index in [1.165, 1.54) is 10.9 Å². The van der Waals surface area contributed by atoms with Gasteiger partial charge >= 0.3 is 0 Å². The Morgan fingerprint density at radius 1 is 1.47 bits per heavy atom. The third-order valence-corrected chi connectivity index (χ3v) is 4.17. The number of hydrogen-bond acceptors (Lipinski definition) is 4. The van der Waals surface area contributed by atoms with Gasteiger partial charge in [-0.25, -0.2) is 9.53 Å². The van der Waals surface area contributed by atoms with Crippen molar-refractivity contribution < 1.29 is 12.8 Å². The molecular weight excluding hydrogens is 273 g/mol. The largest absolute Gasteiger partial charge is 0.301 e. The first-order chi connectivity index (χ1) is 8.77. The molecule has 7 nitrogen and oxygen atoms in total. The smallest absolute Gasteiger partial charge is 0.299 e. The quantitative estimate of drug-likeness (QED) is 0.811. The second-order valence-corrected chi connectivity index (χ2v) is 6.34. The Labute approximate surface area is 112 Å². The first kappa shape index (κ1) is 14.2. The molecule has 19 heavy (non-hydrogen) atoms. The maximum Gasteiger partial charge on any atom is 0.299 e. The molecule has 1 saturated heterocycles. The van der Waals surface area contributed by atoms with Crippen molar-refractivity contribution in [1.29, 1.82) is 0 Å². The molecule has 9 heteroatoms. The molecule has 1 aliphatic heterocycles. The minimum atomic E-state index is -3.96. The number of aryl methyl sites for hydroxylation is 1. The zero-order valence-electron chi connectivity index (χ0n) is 10.9. The molecule has 0 saturated carbocycles. The third kappa shape index (κ3) is 3.23. The molecule has 0 bridgehead atoms. The van der Waals surface area contributed by atoms with Crippen LogP contribution in [0.15, 0.2) is 12.4 Å². The summed E-state index contributed by atoms with van der Waals surface area (Å²) in [7, 11) is -0.535. The monoisotopic (exact) mass is 291 g/mol. The molecule has 0 amide bonds. The van der Waals surface area contributed by atoms with Crippen LogP contribution in [0.1, 0.15) is 6.42 Å². The predicted molar refractivity (Wildman–Crippen MR) is 69.6 cm³/mol. The number of nitrogens with zero attached hydrogens (tertiary/aromatic N) is 4. The fraction of sp³-hybridized carbons (Fsp3) is 0.700. The van der Waals surface area contributed by atoms with Crippen LogP contribution in [0, 0.1) is 0 Å². The molecule has 1 fully saturated rings. The van der Waals surface area contributed by atoms with Crippen LogP contribution in [0.4, 0.5) is 10.1 Å². The van der Waals surface area contributed by atoms with Crippen LogP contribution in [0.3, 0.4) is 0 Å². The SMILES string of the molecule is CN1C[C@H](F)C[C@H](N(c2cnn(C)c2)S(N)(=O)=O)C1. The van der Waals surface area contributed by atoms with Crippen LogP contribution in [-0.2, 0) is 17.3 Å². The Balaban J connectivity index is 2.33. The van der Waals surface area contributed by atoms with Crippen molar-refractivity contribution in [3.63, 3.8) is 0 Å². The van der Waals surface area contributed by atoms with Gasteiger partial charge in [-0.15, -0.1) is 0 Å². The lowest BCUT2D eigenvalue weighted by atomic mass is 10.0. The van der Waals surface area contributed by atoms with E-state index in [0.29, 0.717) is 18.8 Å². The topological polar surface area (TPSA) is 84.5 Å². The Bertz CT molecular complexity index is 536. The summed E-state index contributed by atoms with van der Waals surface area (Å²) < 4.78 is 39.7. The number of rotatable bonds is 3. The van der Waals surface area contributed by atoms with Gasteiger partial charge in [-0.1, -0.05) is 0 Å². The highest BCUT2D eigenvalue weighted by molar-refractivity contribution is 7.90. The summed E-state index contributed by atoms with van der Waals surface area (Å²) >= 11 is 0. The fourth-order valence-electron chi connectivity index (χ4n) is 2.47. The molecule has 0 aromatic carbocycles. The molecule has 2 atom stereocenters. The molecule has 2 N–H and O–H groups in total. The van der Waals surface area contributed by atoms with Gasteiger partial charge in [0, 0.05) is 32.8 Å². The lowest BCUT2D eigenvalue weighted by Crippen LogP contribution is -2.54. The lowest BCUT2D eigenvalue weighted by Gasteiger charge is -2.38. The number of likely N-dealkylation sites (tertiary alicyclic amines) is 1. The van der Waals surface area contributed by atoms with Crippen LogP contribution in [0.5, 0.6) is 0 Å². The highest BCUT2D eigenvalue weighted by Crippen LogP contribution is 2.25. The van der Waals surface area contributed by atoms with E-state index in [-0.39, 0.29) is 6.42 Å². The summed E-state index contributed by atoms with van der Waals surface area (Å²) in [5.74, 6) is 0. The van der Waals surface area contributed by atoms with Crippen LogP contribution < -0.4 is 9.44 Å². The van der Waals surface area contributed by atoms with Crippen molar-refractivity contribution in [2.45, 2.75) is 18.6 Å². The zero-order valence-corrected chi connectivity index (χ0v) is 11.7. The molecule has 0 aliphatic carbocycles. The molecule has 2 heterocycles. The predicted octanol–water partition coefficient (Wildman–Crippen LogP) is -0.528. The van der Waals surface area contributed by atoms with Gasteiger partial charge in [-0.2, -0.15) is 13.5 Å². The molecule has 1 aromatic rings.